The van der Waals surface area contributed by atoms with Crippen molar-refractivity contribution in [2.75, 3.05) is 13.2 Å². The number of hydrogen-bond donors (Lipinski definition) is 2. The smallest absolute Gasteiger partial charge is 0.220 e. The number of carbonyl (C=O) groups is 2. The van der Waals surface area contributed by atoms with Gasteiger partial charge in [0.15, 0.2) is 35.2 Å². The van der Waals surface area contributed by atoms with E-state index in [1.54, 1.807) is 0 Å². The first-order chi connectivity index (χ1) is 17.5. The first-order valence-electron chi connectivity index (χ1n) is 12.9. The number of rotatable bonds is 11. The molecule has 0 aromatic heterocycles. The molecule has 0 spiro atoms. The molecule has 4 atom stereocenters. The molecule has 2 heterocycles. The van der Waals surface area contributed by atoms with Gasteiger partial charge in [-0.1, -0.05) is 37.1 Å². The van der Waals surface area contributed by atoms with Crippen LogP contribution in [-0.4, -0.2) is 49.3 Å². The normalized spacial score (nSPS) is 19.6. The molecule has 2 aliphatic rings. The van der Waals surface area contributed by atoms with Crippen molar-refractivity contribution in [1.29, 1.82) is 0 Å². The Hall–Kier alpha value is -3.42. The Balaban J connectivity index is 1.05. The van der Waals surface area contributed by atoms with Gasteiger partial charge in [0.1, 0.15) is 13.2 Å². The molecular formula is C28H36N2O6. The second-order valence-corrected chi connectivity index (χ2v) is 9.45. The molecule has 8 nitrogen and oxygen atoms in total. The van der Waals surface area contributed by atoms with Gasteiger partial charge in [0.25, 0.3) is 0 Å². The number of unbranched alkanes of at least 4 members (excludes halogenated alkanes) is 3. The third kappa shape index (κ3) is 7.06. The van der Waals surface area contributed by atoms with Gasteiger partial charge >= 0.3 is 0 Å². The van der Waals surface area contributed by atoms with Crippen molar-refractivity contribution in [3.63, 3.8) is 0 Å². The van der Waals surface area contributed by atoms with E-state index in [1.807, 2.05) is 62.4 Å². The Morgan fingerprint density at radius 2 is 1.08 bits per heavy atom. The van der Waals surface area contributed by atoms with Gasteiger partial charge in [0.2, 0.25) is 11.8 Å². The number of nitrogens with one attached hydrogen (secondary N) is 2. The summed E-state index contributed by atoms with van der Waals surface area (Å²) in [5.41, 5.74) is 0. The lowest BCUT2D eigenvalue weighted by Gasteiger charge is -2.30. The molecule has 0 bridgehead atoms. The van der Waals surface area contributed by atoms with E-state index in [0.717, 1.165) is 37.2 Å². The zero-order valence-corrected chi connectivity index (χ0v) is 21.0. The molecular weight excluding hydrogens is 460 g/mol. The van der Waals surface area contributed by atoms with Gasteiger partial charge < -0.3 is 29.6 Å². The number of ether oxygens (including phenoxy) is 4. The minimum absolute atomic E-state index is 0.00722. The van der Waals surface area contributed by atoms with Crippen LogP contribution in [-0.2, 0) is 9.59 Å². The van der Waals surface area contributed by atoms with Crippen molar-refractivity contribution >= 4 is 11.8 Å². The number of hydrogen-bond acceptors (Lipinski definition) is 6. The molecule has 4 rings (SSSR count). The first-order valence-corrected chi connectivity index (χ1v) is 12.9. The van der Waals surface area contributed by atoms with E-state index < -0.39 is 0 Å². The molecule has 2 aromatic rings. The van der Waals surface area contributed by atoms with E-state index >= 15 is 0 Å². The molecule has 2 N–H and O–H groups in total. The molecule has 0 unspecified atom stereocenters. The van der Waals surface area contributed by atoms with Gasteiger partial charge in [-0.25, -0.2) is 0 Å². The molecule has 0 saturated heterocycles. The number of fused-ring (bicyclic) bond motifs is 2. The van der Waals surface area contributed by atoms with Crippen LogP contribution in [0.2, 0.25) is 0 Å². The summed E-state index contributed by atoms with van der Waals surface area (Å²) in [4.78, 5) is 24.7. The van der Waals surface area contributed by atoms with Crippen molar-refractivity contribution in [1.82, 2.24) is 10.6 Å². The van der Waals surface area contributed by atoms with E-state index in [-0.39, 0.29) is 36.1 Å². The Morgan fingerprint density at radius 1 is 0.694 bits per heavy atom. The van der Waals surface area contributed by atoms with Crippen LogP contribution >= 0.6 is 0 Å². The predicted molar refractivity (Wildman–Crippen MR) is 136 cm³/mol. The summed E-state index contributed by atoms with van der Waals surface area (Å²) in [6.07, 6.45) is 3.85. The zero-order valence-electron chi connectivity index (χ0n) is 21.0. The Morgan fingerprint density at radius 3 is 1.50 bits per heavy atom. The van der Waals surface area contributed by atoms with E-state index in [1.165, 1.54) is 0 Å². The maximum Gasteiger partial charge on any atom is 0.220 e. The van der Waals surface area contributed by atoms with Crippen LogP contribution in [0.25, 0.3) is 0 Å². The lowest BCUT2D eigenvalue weighted by atomic mass is 10.1. The van der Waals surface area contributed by atoms with Gasteiger partial charge in [-0.3, -0.25) is 9.59 Å². The molecule has 0 saturated carbocycles. The van der Waals surface area contributed by atoms with Crippen LogP contribution in [0.3, 0.4) is 0 Å². The second-order valence-electron chi connectivity index (χ2n) is 9.45. The minimum Gasteiger partial charge on any atom is -0.486 e. The van der Waals surface area contributed by atoms with Crippen molar-refractivity contribution in [3.05, 3.63) is 48.5 Å². The fourth-order valence-electron chi connectivity index (χ4n) is 4.33. The van der Waals surface area contributed by atoms with Crippen LogP contribution in [0, 0.1) is 0 Å². The highest BCUT2D eigenvalue weighted by Gasteiger charge is 2.28. The average molecular weight is 497 g/mol. The van der Waals surface area contributed by atoms with Gasteiger partial charge in [-0.2, -0.15) is 0 Å². The lowest BCUT2D eigenvalue weighted by molar-refractivity contribution is -0.123. The fraction of sp³-hybridized carbons (Fsp3) is 0.500. The van der Waals surface area contributed by atoms with Gasteiger partial charge in [0.05, 0.1) is 12.1 Å². The molecule has 0 aliphatic carbocycles. The third-order valence-corrected chi connectivity index (χ3v) is 6.51. The summed E-state index contributed by atoms with van der Waals surface area (Å²) in [7, 11) is 0. The summed E-state index contributed by atoms with van der Waals surface area (Å²) in [5.74, 6) is 2.90. The highest BCUT2D eigenvalue weighted by atomic mass is 16.6. The number of amides is 2. The van der Waals surface area contributed by atoms with Crippen LogP contribution in [0.1, 0.15) is 52.4 Å². The van der Waals surface area contributed by atoms with Crippen LogP contribution in [0.5, 0.6) is 23.0 Å². The summed E-state index contributed by atoms with van der Waals surface area (Å²) < 4.78 is 23.4. The highest BCUT2D eigenvalue weighted by molar-refractivity contribution is 5.76. The Labute approximate surface area is 212 Å². The van der Waals surface area contributed by atoms with Crippen molar-refractivity contribution in [2.24, 2.45) is 0 Å². The van der Waals surface area contributed by atoms with Gasteiger partial charge in [-0.15, -0.1) is 0 Å². The molecule has 8 heteroatoms. The summed E-state index contributed by atoms with van der Waals surface area (Å²) in [6, 6.07) is 14.8. The molecule has 0 radical (unpaired) electrons. The van der Waals surface area contributed by atoms with E-state index in [2.05, 4.69) is 10.6 Å². The van der Waals surface area contributed by atoms with Crippen molar-refractivity contribution < 1.29 is 28.5 Å². The summed E-state index contributed by atoms with van der Waals surface area (Å²) in [5, 5.41) is 6.04. The zero-order chi connectivity index (χ0) is 25.3. The topological polar surface area (TPSA) is 95.1 Å². The number of benzene rings is 2. The standard InChI is InChI=1S/C28H36N2O6/c1-19(25-17-33-21-11-7-9-13-23(21)35-25)29-27(31)15-5-3-4-6-16-28(32)30-20(2)26-18-34-22-12-8-10-14-24(22)36-26/h7-14,19-20,25-26H,3-6,15-18H2,1-2H3,(H,29,31)(H,30,32)/t19-,20-,25-,26+/m1/s1. The van der Waals surface area contributed by atoms with Crippen molar-refractivity contribution in [3.8, 4) is 23.0 Å². The van der Waals surface area contributed by atoms with Gasteiger partial charge in [-0.05, 0) is 51.0 Å². The Bertz CT molecular complexity index is 947. The molecule has 2 aromatic carbocycles. The number of carbonyl (C=O) groups excluding carboxylic acids is 2. The highest BCUT2D eigenvalue weighted by Crippen LogP contribution is 2.32. The third-order valence-electron chi connectivity index (χ3n) is 6.51. The molecule has 36 heavy (non-hydrogen) atoms. The molecule has 2 aliphatic heterocycles. The maximum absolute atomic E-state index is 12.3. The SMILES string of the molecule is C[C@@H](NC(=O)CCCCCCC(=O)N[C@H](C)[C@H]1COc2ccccc2O1)[C@@H]1COc2ccccc2O1. The lowest BCUT2D eigenvalue weighted by Crippen LogP contribution is -2.48. The molecule has 0 fully saturated rings. The van der Waals surface area contributed by atoms with E-state index in [9.17, 15) is 9.59 Å². The van der Waals surface area contributed by atoms with Crippen molar-refractivity contribution in [2.45, 2.75) is 76.7 Å². The average Bonchev–Trinajstić information content (AvgIpc) is 2.90. The minimum atomic E-state index is -0.218. The summed E-state index contributed by atoms with van der Waals surface area (Å²) >= 11 is 0. The van der Waals surface area contributed by atoms with Crippen LogP contribution in [0.15, 0.2) is 48.5 Å². The molecule has 194 valence electrons. The maximum atomic E-state index is 12.3. The van der Waals surface area contributed by atoms with E-state index in [4.69, 9.17) is 18.9 Å². The predicted octanol–water partition coefficient (Wildman–Crippen LogP) is 4.02. The largest absolute Gasteiger partial charge is 0.486 e. The Kier molecular flexibility index (Phi) is 8.92. The molecule has 2 amide bonds. The monoisotopic (exact) mass is 496 g/mol. The quantitative estimate of drug-likeness (QED) is 0.457. The first kappa shape index (κ1) is 25.7. The van der Waals surface area contributed by atoms with Gasteiger partial charge in [0, 0.05) is 12.8 Å². The number of para-hydroxylation sites is 4. The van der Waals surface area contributed by atoms with Crippen LogP contribution < -0.4 is 29.6 Å². The van der Waals surface area contributed by atoms with E-state index in [0.29, 0.717) is 37.6 Å². The summed E-state index contributed by atoms with van der Waals surface area (Å²) in [6.45, 7) is 4.68. The van der Waals surface area contributed by atoms with Crippen LogP contribution in [0.4, 0.5) is 0 Å². The fourth-order valence-corrected chi connectivity index (χ4v) is 4.33. The second kappa shape index (κ2) is 12.5.